The molecule has 0 aliphatic heterocycles. The average molecular weight is 541 g/mol. The van der Waals surface area contributed by atoms with Gasteiger partial charge in [-0.1, -0.05) is 116 Å². The maximum absolute atomic E-state index is 5.98. The normalized spacial score (nSPS) is 12.2. The second-order valence-corrected chi connectivity index (χ2v) is 24.4. The molecular weight excluding hydrogens is 485 g/mol. The van der Waals surface area contributed by atoms with Crippen LogP contribution in [0.3, 0.4) is 0 Å². The van der Waals surface area contributed by atoms with Crippen molar-refractivity contribution in [2.45, 2.75) is 135 Å². The largest absolute Gasteiger partial charge is 0.494 e. The van der Waals surface area contributed by atoms with Gasteiger partial charge in [-0.2, -0.15) is 0 Å². The molecule has 37 heavy (non-hydrogen) atoms. The molecule has 1 aromatic carbocycles. The molecular formula is C32H56N2OSi2. The van der Waals surface area contributed by atoms with Gasteiger partial charge in [0, 0.05) is 34.1 Å². The third-order valence-corrected chi connectivity index (χ3v) is 16.9. The second-order valence-electron chi connectivity index (χ2n) is 13.1. The molecule has 0 aliphatic rings. The summed E-state index contributed by atoms with van der Waals surface area (Å²) in [6.07, 6.45) is 21.0. The van der Waals surface area contributed by atoms with Crippen molar-refractivity contribution in [1.29, 1.82) is 0 Å². The van der Waals surface area contributed by atoms with Crippen molar-refractivity contribution in [3.63, 3.8) is 0 Å². The van der Waals surface area contributed by atoms with Crippen LogP contribution in [0.4, 0.5) is 0 Å². The highest BCUT2D eigenvalue weighted by Gasteiger charge is 2.27. The van der Waals surface area contributed by atoms with Crippen LogP contribution < -0.4 is 4.74 Å². The van der Waals surface area contributed by atoms with Crippen LogP contribution in [0.5, 0.6) is 5.75 Å². The summed E-state index contributed by atoms with van der Waals surface area (Å²) in [5.74, 6) is 1.74. The Morgan fingerprint density at radius 2 is 1.24 bits per heavy atom. The van der Waals surface area contributed by atoms with Crippen LogP contribution in [0, 0.1) is 0 Å². The van der Waals surface area contributed by atoms with Crippen molar-refractivity contribution in [3.8, 4) is 17.1 Å². The summed E-state index contributed by atoms with van der Waals surface area (Å²) >= 11 is 0. The van der Waals surface area contributed by atoms with Gasteiger partial charge in [-0.15, -0.1) is 0 Å². The fraction of sp³-hybridized carbons (Fsp3) is 0.688. The highest BCUT2D eigenvalue weighted by molar-refractivity contribution is 6.94. The first-order valence-corrected chi connectivity index (χ1v) is 22.3. The van der Waals surface area contributed by atoms with Crippen molar-refractivity contribution in [1.82, 2.24) is 9.97 Å². The monoisotopic (exact) mass is 540 g/mol. The van der Waals surface area contributed by atoms with Gasteiger partial charge >= 0.3 is 0 Å². The first-order chi connectivity index (χ1) is 17.7. The van der Waals surface area contributed by atoms with Crippen molar-refractivity contribution in [2.75, 3.05) is 6.61 Å². The van der Waals surface area contributed by atoms with Crippen LogP contribution in [0.1, 0.15) is 89.5 Å². The van der Waals surface area contributed by atoms with Crippen molar-refractivity contribution in [2.24, 2.45) is 0 Å². The SMILES string of the molecule is CCCCCCCCc1cnc(-c2ccc(OCCCCCCCC[Si](C)(C)C[Si](C)(C)C)cc2)nc1. The van der Waals surface area contributed by atoms with E-state index in [0.29, 0.717) is 0 Å². The Labute approximate surface area is 231 Å². The fourth-order valence-electron chi connectivity index (χ4n) is 5.57. The first kappa shape index (κ1) is 31.7. The van der Waals surface area contributed by atoms with E-state index in [-0.39, 0.29) is 0 Å². The van der Waals surface area contributed by atoms with E-state index in [1.807, 2.05) is 12.4 Å². The molecule has 2 rings (SSSR count). The van der Waals surface area contributed by atoms with Crippen LogP contribution in [0.2, 0.25) is 44.4 Å². The van der Waals surface area contributed by atoms with E-state index in [2.05, 4.69) is 73.9 Å². The Morgan fingerprint density at radius 3 is 1.86 bits per heavy atom. The van der Waals surface area contributed by atoms with E-state index in [0.717, 1.165) is 36.6 Å². The molecule has 0 amide bonds. The number of aromatic nitrogens is 2. The molecule has 0 bridgehead atoms. The van der Waals surface area contributed by atoms with E-state index in [4.69, 9.17) is 4.74 Å². The van der Waals surface area contributed by atoms with Gasteiger partial charge in [0.25, 0.3) is 0 Å². The zero-order valence-corrected chi connectivity index (χ0v) is 27.1. The summed E-state index contributed by atoms with van der Waals surface area (Å²) in [5.41, 5.74) is 3.87. The predicted octanol–water partition coefficient (Wildman–Crippen LogP) is 10.4. The topological polar surface area (TPSA) is 35.0 Å². The molecule has 3 nitrogen and oxygen atoms in total. The molecule has 1 aromatic heterocycles. The van der Waals surface area contributed by atoms with Gasteiger partial charge in [0.1, 0.15) is 5.75 Å². The van der Waals surface area contributed by atoms with E-state index in [9.17, 15) is 0 Å². The third kappa shape index (κ3) is 14.9. The van der Waals surface area contributed by atoms with Gasteiger partial charge in [-0.05, 0) is 49.1 Å². The molecule has 0 saturated heterocycles. The van der Waals surface area contributed by atoms with Crippen molar-refractivity contribution < 1.29 is 4.74 Å². The maximum atomic E-state index is 5.98. The molecule has 0 N–H and O–H groups in total. The van der Waals surface area contributed by atoms with Gasteiger partial charge in [0.2, 0.25) is 0 Å². The van der Waals surface area contributed by atoms with Gasteiger partial charge < -0.3 is 4.74 Å². The molecule has 208 valence electrons. The highest BCUT2D eigenvalue weighted by atomic mass is 28.4. The zero-order chi connectivity index (χ0) is 27.0. The molecule has 0 fully saturated rings. The maximum Gasteiger partial charge on any atom is 0.159 e. The summed E-state index contributed by atoms with van der Waals surface area (Å²) in [4.78, 5) is 9.21. The molecule has 2 aromatic rings. The Kier molecular flexibility index (Phi) is 14.7. The third-order valence-electron chi connectivity index (χ3n) is 7.16. The summed E-state index contributed by atoms with van der Waals surface area (Å²) in [6, 6.07) is 9.77. The molecule has 0 radical (unpaired) electrons. The van der Waals surface area contributed by atoms with Crippen LogP contribution in [0.15, 0.2) is 36.7 Å². The Bertz CT molecular complexity index is 845. The molecule has 0 saturated carbocycles. The Hall–Kier alpha value is -1.47. The van der Waals surface area contributed by atoms with E-state index in [1.165, 1.54) is 82.2 Å². The number of nitrogens with zero attached hydrogens (tertiary/aromatic N) is 2. The lowest BCUT2D eigenvalue weighted by Gasteiger charge is -2.29. The highest BCUT2D eigenvalue weighted by Crippen LogP contribution is 2.26. The van der Waals surface area contributed by atoms with E-state index < -0.39 is 16.1 Å². The Balaban J connectivity index is 1.56. The number of rotatable bonds is 20. The first-order valence-electron chi connectivity index (χ1n) is 15.2. The number of hydrogen-bond acceptors (Lipinski definition) is 3. The number of hydrogen-bond donors (Lipinski definition) is 0. The lowest BCUT2D eigenvalue weighted by Crippen LogP contribution is -2.37. The minimum absolute atomic E-state index is 0.796. The lowest BCUT2D eigenvalue weighted by molar-refractivity contribution is 0.304. The summed E-state index contributed by atoms with van der Waals surface area (Å²) in [6.45, 7) is 15.9. The predicted molar refractivity (Wildman–Crippen MR) is 168 cm³/mol. The fourth-order valence-corrected chi connectivity index (χ4v) is 19.0. The smallest absolute Gasteiger partial charge is 0.159 e. The van der Waals surface area contributed by atoms with Gasteiger partial charge in [-0.3, -0.25) is 0 Å². The molecule has 0 spiro atoms. The minimum atomic E-state index is -0.962. The van der Waals surface area contributed by atoms with Crippen LogP contribution in [-0.4, -0.2) is 32.7 Å². The number of ether oxygens (including phenoxy) is 1. The summed E-state index contributed by atoms with van der Waals surface area (Å²) < 4.78 is 5.98. The van der Waals surface area contributed by atoms with Crippen LogP contribution >= 0.6 is 0 Å². The average Bonchev–Trinajstić information content (AvgIpc) is 2.84. The van der Waals surface area contributed by atoms with Gasteiger partial charge in [0.15, 0.2) is 5.82 Å². The van der Waals surface area contributed by atoms with Gasteiger partial charge in [-0.25, -0.2) is 9.97 Å². The van der Waals surface area contributed by atoms with Crippen molar-refractivity contribution >= 4 is 16.1 Å². The zero-order valence-electron chi connectivity index (χ0n) is 25.1. The number of benzene rings is 1. The van der Waals surface area contributed by atoms with Crippen molar-refractivity contribution in [3.05, 3.63) is 42.2 Å². The quantitative estimate of drug-likeness (QED) is 0.124. The number of unbranched alkanes of at least 4 members (excludes halogenated alkanes) is 10. The summed E-state index contributed by atoms with van der Waals surface area (Å²) in [5, 5.41) is 0. The molecule has 1 heterocycles. The Morgan fingerprint density at radius 1 is 0.676 bits per heavy atom. The number of aryl methyl sites for hydroxylation is 1. The standard InChI is InChI=1S/C32H56N2OSi2/c1-7-8-9-10-13-16-19-29-26-33-32(34-27-29)30-20-22-31(23-21-30)35-24-17-14-11-12-15-18-25-37(5,6)28-36(2,3)4/h20-23,26-27H,7-19,24-25,28H2,1-6H3. The molecule has 5 heteroatoms. The van der Waals surface area contributed by atoms with E-state index >= 15 is 0 Å². The molecule has 0 atom stereocenters. The van der Waals surface area contributed by atoms with Crippen LogP contribution in [0.25, 0.3) is 11.4 Å². The minimum Gasteiger partial charge on any atom is -0.494 e. The second kappa shape index (κ2) is 17.2. The van der Waals surface area contributed by atoms with E-state index in [1.54, 1.807) is 5.67 Å². The van der Waals surface area contributed by atoms with Gasteiger partial charge in [0.05, 0.1) is 6.61 Å². The molecule has 0 aliphatic carbocycles. The molecule has 0 unspecified atom stereocenters. The lowest BCUT2D eigenvalue weighted by atomic mass is 10.1. The summed E-state index contributed by atoms with van der Waals surface area (Å²) in [7, 11) is -1.86. The van der Waals surface area contributed by atoms with Crippen LogP contribution in [-0.2, 0) is 6.42 Å².